The maximum Gasteiger partial charge on any atom is 0.328 e. The highest BCUT2D eigenvalue weighted by Crippen LogP contribution is 2.24. The van der Waals surface area contributed by atoms with Crippen molar-refractivity contribution in [3.63, 3.8) is 0 Å². The van der Waals surface area contributed by atoms with Gasteiger partial charge in [0.15, 0.2) is 0 Å². The summed E-state index contributed by atoms with van der Waals surface area (Å²) in [7, 11) is 3.45. The van der Waals surface area contributed by atoms with E-state index in [0.29, 0.717) is 6.42 Å². The first kappa shape index (κ1) is 13.4. The molecule has 0 saturated heterocycles. The molecule has 0 aliphatic carbocycles. The number of aliphatic carboxylic acids is 1. The van der Waals surface area contributed by atoms with Gasteiger partial charge in [0.05, 0.1) is 16.4 Å². The molecule has 0 amide bonds. The van der Waals surface area contributed by atoms with Gasteiger partial charge in [-0.05, 0) is 38.0 Å². The molecule has 0 bridgehead atoms. The summed E-state index contributed by atoms with van der Waals surface area (Å²) in [6.45, 7) is 3.40. The average Bonchev–Trinajstić information content (AvgIpc) is 2.54. The monoisotopic (exact) mass is 262 g/mol. The van der Waals surface area contributed by atoms with Crippen molar-refractivity contribution in [1.82, 2.24) is 9.13 Å². The van der Waals surface area contributed by atoms with Crippen LogP contribution in [0.2, 0.25) is 0 Å². The summed E-state index contributed by atoms with van der Waals surface area (Å²) in [5.74, 6) is -0.824. The van der Waals surface area contributed by atoms with Crippen molar-refractivity contribution in [3.8, 4) is 0 Å². The van der Waals surface area contributed by atoms with E-state index >= 15 is 0 Å². The van der Waals surface area contributed by atoms with E-state index < -0.39 is 11.4 Å². The number of carboxylic acid groups (broad SMARTS) is 1. The van der Waals surface area contributed by atoms with E-state index in [2.05, 4.69) is 0 Å². The smallest absolute Gasteiger partial charge is 0.328 e. The van der Waals surface area contributed by atoms with Crippen molar-refractivity contribution < 1.29 is 9.90 Å². The second kappa shape index (κ2) is 4.26. The largest absolute Gasteiger partial charge is 0.481 e. The predicted molar refractivity (Wildman–Crippen MR) is 73.3 cm³/mol. The first-order chi connectivity index (χ1) is 8.74. The second-order valence-electron chi connectivity index (χ2n) is 5.59. The SMILES string of the molecule is Cn1c(=O)n(C)c2cc(CC(C)(C)C(=O)O)ccc21. The highest BCUT2D eigenvalue weighted by Gasteiger charge is 2.27. The summed E-state index contributed by atoms with van der Waals surface area (Å²) in [6, 6.07) is 5.64. The van der Waals surface area contributed by atoms with Crippen LogP contribution in [0, 0.1) is 5.41 Å². The first-order valence-electron chi connectivity index (χ1n) is 6.12. The molecule has 0 aliphatic rings. The summed E-state index contributed by atoms with van der Waals surface area (Å²) < 4.78 is 3.16. The lowest BCUT2D eigenvalue weighted by molar-refractivity contribution is -0.146. The van der Waals surface area contributed by atoms with Crippen LogP contribution in [-0.4, -0.2) is 20.2 Å². The summed E-state index contributed by atoms with van der Waals surface area (Å²) in [5, 5.41) is 9.16. The maximum atomic E-state index is 11.8. The number of rotatable bonds is 3. The van der Waals surface area contributed by atoms with Crippen LogP contribution >= 0.6 is 0 Å². The Bertz CT molecular complexity index is 707. The van der Waals surface area contributed by atoms with E-state index in [0.717, 1.165) is 16.6 Å². The lowest BCUT2D eigenvalue weighted by Gasteiger charge is -2.19. The van der Waals surface area contributed by atoms with Gasteiger partial charge in [-0.3, -0.25) is 13.9 Å². The second-order valence-corrected chi connectivity index (χ2v) is 5.59. The fourth-order valence-electron chi connectivity index (χ4n) is 2.25. The Balaban J connectivity index is 2.51. The van der Waals surface area contributed by atoms with Gasteiger partial charge in [0, 0.05) is 14.1 Å². The molecule has 1 aromatic carbocycles. The Morgan fingerprint density at radius 3 is 2.37 bits per heavy atom. The molecule has 102 valence electrons. The molecule has 2 rings (SSSR count). The van der Waals surface area contributed by atoms with E-state index in [1.165, 1.54) is 0 Å². The summed E-state index contributed by atoms with van der Waals surface area (Å²) in [5.41, 5.74) is 1.70. The fourth-order valence-corrected chi connectivity index (χ4v) is 2.25. The van der Waals surface area contributed by atoms with Crippen LogP contribution < -0.4 is 5.69 Å². The minimum Gasteiger partial charge on any atom is -0.481 e. The van der Waals surface area contributed by atoms with Crippen molar-refractivity contribution >= 4 is 17.0 Å². The van der Waals surface area contributed by atoms with Crippen LogP contribution in [0.15, 0.2) is 23.0 Å². The number of hydrogen-bond acceptors (Lipinski definition) is 2. The topological polar surface area (TPSA) is 64.2 Å². The number of imidazole rings is 1. The van der Waals surface area contributed by atoms with Crippen molar-refractivity contribution in [3.05, 3.63) is 34.2 Å². The summed E-state index contributed by atoms with van der Waals surface area (Å²) in [4.78, 5) is 23.0. The van der Waals surface area contributed by atoms with Crippen LogP contribution in [0.25, 0.3) is 11.0 Å². The number of fused-ring (bicyclic) bond motifs is 1. The molecule has 5 heteroatoms. The zero-order valence-electron chi connectivity index (χ0n) is 11.6. The molecule has 0 unspecified atom stereocenters. The van der Waals surface area contributed by atoms with Gasteiger partial charge in [-0.2, -0.15) is 0 Å². The molecule has 0 fully saturated rings. The Labute approximate surface area is 111 Å². The Hall–Kier alpha value is -2.04. The molecular weight excluding hydrogens is 244 g/mol. The molecule has 0 spiro atoms. The zero-order chi connectivity index (χ0) is 14.4. The third-order valence-corrected chi connectivity index (χ3v) is 3.56. The van der Waals surface area contributed by atoms with Crippen molar-refractivity contribution in [2.75, 3.05) is 0 Å². The van der Waals surface area contributed by atoms with Crippen LogP contribution in [0.5, 0.6) is 0 Å². The van der Waals surface area contributed by atoms with E-state index in [-0.39, 0.29) is 5.69 Å². The lowest BCUT2D eigenvalue weighted by Crippen LogP contribution is -2.26. The number of aryl methyl sites for hydroxylation is 2. The number of carboxylic acids is 1. The average molecular weight is 262 g/mol. The van der Waals surface area contributed by atoms with Crippen LogP contribution in [0.1, 0.15) is 19.4 Å². The molecule has 0 saturated carbocycles. The fraction of sp³-hybridized carbons (Fsp3) is 0.429. The molecular formula is C14H18N2O3. The predicted octanol–water partition coefficient (Wildman–Crippen LogP) is 1.53. The van der Waals surface area contributed by atoms with Gasteiger partial charge in [-0.15, -0.1) is 0 Å². The van der Waals surface area contributed by atoms with Crippen molar-refractivity contribution in [1.29, 1.82) is 0 Å². The van der Waals surface area contributed by atoms with Crippen molar-refractivity contribution in [2.24, 2.45) is 19.5 Å². The lowest BCUT2D eigenvalue weighted by atomic mass is 9.86. The van der Waals surface area contributed by atoms with Gasteiger partial charge < -0.3 is 5.11 Å². The van der Waals surface area contributed by atoms with Gasteiger partial charge in [-0.1, -0.05) is 6.07 Å². The number of carbonyl (C=O) groups is 1. The van der Waals surface area contributed by atoms with Gasteiger partial charge in [0.2, 0.25) is 0 Å². The van der Waals surface area contributed by atoms with E-state index in [9.17, 15) is 9.59 Å². The molecule has 19 heavy (non-hydrogen) atoms. The molecule has 0 radical (unpaired) electrons. The van der Waals surface area contributed by atoms with Crippen LogP contribution in [-0.2, 0) is 25.3 Å². The molecule has 1 heterocycles. The van der Waals surface area contributed by atoms with Crippen LogP contribution in [0.3, 0.4) is 0 Å². The van der Waals surface area contributed by atoms with E-state index in [1.54, 1.807) is 37.1 Å². The maximum absolute atomic E-state index is 11.8. The molecule has 2 aromatic rings. The number of hydrogen-bond donors (Lipinski definition) is 1. The number of benzene rings is 1. The molecule has 0 atom stereocenters. The van der Waals surface area contributed by atoms with E-state index in [1.807, 2.05) is 18.2 Å². The third kappa shape index (κ3) is 2.16. The number of aromatic nitrogens is 2. The Morgan fingerprint density at radius 1 is 1.21 bits per heavy atom. The molecule has 0 aliphatic heterocycles. The minimum absolute atomic E-state index is 0.0790. The zero-order valence-corrected chi connectivity index (χ0v) is 11.6. The van der Waals surface area contributed by atoms with Crippen molar-refractivity contribution in [2.45, 2.75) is 20.3 Å². The summed E-state index contributed by atoms with van der Waals surface area (Å²) >= 11 is 0. The quantitative estimate of drug-likeness (QED) is 0.912. The highest BCUT2D eigenvalue weighted by molar-refractivity contribution is 5.78. The highest BCUT2D eigenvalue weighted by atomic mass is 16.4. The van der Waals surface area contributed by atoms with Gasteiger partial charge in [0.25, 0.3) is 0 Å². The van der Waals surface area contributed by atoms with Crippen LogP contribution in [0.4, 0.5) is 0 Å². The molecule has 1 N–H and O–H groups in total. The Morgan fingerprint density at radius 2 is 1.79 bits per heavy atom. The molecule has 5 nitrogen and oxygen atoms in total. The van der Waals surface area contributed by atoms with E-state index in [4.69, 9.17) is 5.11 Å². The minimum atomic E-state index is -0.824. The van der Waals surface area contributed by atoms with Gasteiger partial charge >= 0.3 is 11.7 Å². The van der Waals surface area contributed by atoms with Gasteiger partial charge in [-0.25, -0.2) is 4.79 Å². The standard InChI is InChI=1S/C14H18N2O3/c1-14(2,12(17)18)8-9-5-6-10-11(7-9)16(4)13(19)15(10)3/h5-7H,8H2,1-4H3,(H,17,18). The summed E-state index contributed by atoms with van der Waals surface area (Å²) in [6.07, 6.45) is 0.432. The normalized spacial score (nSPS) is 12.0. The third-order valence-electron chi connectivity index (χ3n) is 3.56. The molecule has 1 aromatic heterocycles. The van der Waals surface area contributed by atoms with Gasteiger partial charge in [0.1, 0.15) is 0 Å². The number of nitrogens with zero attached hydrogens (tertiary/aromatic N) is 2. The Kier molecular flexibility index (Phi) is 3.00. The first-order valence-corrected chi connectivity index (χ1v) is 6.12.